The van der Waals surface area contributed by atoms with Gasteiger partial charge in [-0.15, -0.1) is 0 Å². The molecule has 2 aliphatic heterocycles. The number of nitrogens with one attached hydrogen (secondary N) is 2. The molecule has 2 aliphatic rings. The van der Waals surface area contributed by atoms with Crippen LogP contribution in [-0.2, 0) is 11.3 Å². The number of carbonyl (C=O) groups is 2. The maximum absolute atomic E-state index is 14.6. The SMILES string of the molecule is CC(=O)NCC1CCN(Cc2cc(Oc3ccc(N4CC[C@H](NC(=O)O)[C@H](F)C4)nc3)cc(-c3cc(Cl)cc(Cl)c3)c2)CC1. The van der Waals surface area contributed by atoms with Gasteiger partial charge in [0.25, 0.3) is 0 Å². The molecule has 0 aliphatic carbocycles. The van der Waals surface area contributed by atoms with Crippen molar-refractivity contribution in [3.63, 3.8) is 0 Å². The average Bonchev–Trinajstić information content (AvgIpc) is 2.97. The van der Waals surface area contributed by atoms with E-state index in [9.17, 15) is 14.0 Å². The van der Waals surface area contributed by atoms with Crippen LogP contribution in [0.4, 0.5) is 15.0 Å². The van der Waals surface area contributed by atoms with E-state index in [1.54, 1.807) is 36.2 Å². The third kappa shape index (κ3) is 8.74. The second-order valence-corrected chi connectivity index (χ2v) is 12.3. The Hall–Kier alpha value is -3.60. The zero-order chi connectivity index (χ0) is 31.2. The zero-order valence-corrected chi connectivity index (χ0v) is 26.0. The maximum Gasteiger partial charge on any atom is 0.404 e. The van der Waals surface area contributed by atoms with Crippen LogP contribution in [0.5, 0.6) is 11.5 Å². The summed E-state index contributed by atoms with van der Waals surface area (Å²) >= 11 is 12.7. The Bertz CT molecular complexity index is 1450. The quantitative estimate of drug-likeness (QED) is 0.248. The number of ether oxygens (including phenoxy) is 1. The van der Waals surface area contributed by atoms with Crippen LogP contribution in [0, 0.1) is 5.92 Å². The van der Waals surface area contributed by atoms with Gasteiger partial charge in [0.1, 0.15) is 23.5 Å². The molecule has 3 N–H and O–H groups in total. The van der Waals surface area contributed by atoms with E-state index in [1.165, 1.54) is 0 Å². The number of hydrogen-bond acceptors (Lipinski definition) is 6. The van der Waals surface area contributed by atoms with Crippen molar-refractivity contribution in [1.82, 2.24) is 20.5 Å². The predicted molar refractivity (Wildman–Crippen MR) is 170 cm³/mol. The van der Waals surface area contributed by atoms with E-state index in [4.69, 9.17) is 33.0 Å². The van der Waals surface area contributed by atoms with Crippen LogP contribution in [0.3, 0.4) is 0 Å². The summed E-state index contributed by atoms with van der Waals surface area (Å²) in [6, 6.07) is 14.4. The van der Waals surface area contributed by atoms with Gasteiger partial charge in [0.15, 0.2) is 0 Å². The molecule has 44 heavy (non-hydrogen) atoms. The number of aromatic nitrogens is 1. The van der Waals surface area contributed by atoms with Gasteiger partial charge in [0, 0.05) is 36.6 Å². The van der Waals surface area contributed by atoms with Crippen LogP contribution >= 0.6 is 23.2 Å². The van der Waals surface area contributed by atoms with Crippen molar-refractivity contribution >= 4 is 41.0 Å². The summed E-state index contributed by atoms with van der Waals surface area (Å²) in [5, 5.41) is 15.2. The number of halogens is 3. The molecular weight excluding hydrogens is 608 g/mol. The average molecular weight is 645 g/mol. The Kier molecular flexibility index (Phi) is 10.5. The monoisotopic (exact) mass is 643 g/mol. The van der Waals surface area contributed by atoms with Gasteiger partial charge >= 0.3 is 6.09 Å². The van der Waals surface area contributed by atoms with Gasteiger partial charge in [-0.05, 0) is 103 Å². The van der Waals surface area contributed by atoms with Gasteiger partial charge in [0.2, 0.25) is 5.91 Å². The van der Waals surface area contributed by atoms with E-state index in [2.05, 4.69) is 26.6 Å². The normalized spacial score (nSPS) is 19.4. The largest absolute Gasteiger partial charge is 0.465 e. The summed E-state index contributed by atoms with van der Waals surface area (Å²) in [5.74, 6) is 2.24. The second kappa shape index (κ2) is 14.5. The Morgan fingerprint density at radius 2 is 1.73 bits per heavy atom. The third-order valence-corrected chi connectivity index (χ3v) is 8.48. The van der Waals surface area contributed by atoms with E-state index < -0.39 is 18.3 Å². The lowest BCUT2D eigenvalue weighted by Gasteiger charge is -2.35. The van der Waals surface area contributed by atoms with Gasteiger partial charge in [-0.25, -0.2) is 14.2 Å². The van der Waals surface area contributed by atoms with Crippen LogP contribution in [0.15, 0.2) is 54.7 Å². The molecule has 2 saturated heterocycles. The number of alkyl halides is 1. The molecule has 1 aromatic heterocycles. The molecule has 2 aromatic carbocycles. The molecule has 2 amide bonds. The number of carboxylic acid groups (broad SMARTS) is 1. The smallest absolute Gasteiger partial charge is 0.404 e. The number of pyridine rings is 1. The number of anilines is 1. The Labute approximate surface area is 266 Å². The second-order valence-electron chi connectivity index (χ2n) is 11.4. The topological polar surface area (TPSA) is 107 Å². The van der Waals surface area contributed by atoms with Crippen molar-refractivity contribution < 1.29 is 23.8 Å². The van der Waals surface area contributed by atoms with E-state index >= 15 is 0 Å². The Morgan fingerprint density at radius 3 is 2.36 bits per heavy atom. The molecule has 5 rings (SSSR count). The van der Waals surface area contributed by atoms with Gasteiger partial charge in [-0.1, -0.05) is 23.2 Å². The Balaban J connectivity index is 1.30. The molecule has 0 spiro atoms. The molecule has 3 heterocycles. The highest BCUT2D eigenvalue weighted by atomic mass is 35.5. The summed E-state index contributed by atoms with van der Waals surface area (Å²) in [4.78, 5) is 30.9. The van der Waals surface area contributed by atoms with Crippen molar-refractivity contribution in [3.05, 3.63) is 70.3 Å². The first-order chi connectivity index (χ1) is 21.1. The molecule has 234 valence electrons. The van der Waals surface area contributed by atoms with E-state index in [0.717, 1.165) is 49.2 Å². The number of benzene rings is 2. The first-order valence-corrected chi connectivity index (χ1v) is 15.5. The first kappa shape index (κ1) is 31.8. The number of amides is 2. The zero-order valence-electron chi connectivity index (χ0n) is 24.4. The number of rotatable bonds is 9. The number of hydrogen-bond donors (Lipinski definition) is 3. The van der Waals surface area contributed by atoms with Crippen LogP contribution in [0.1, 0.15) is 31.7 Å². The summed E-state index contributed by atoms with van der Waals surface area (Å²) in [6.07, 6.45) is 1.43. The van der Waals surface area contributed by atoms with Crippen molar-refractivity contribution in [1.29, 1.82) is 0 Å². The molecular formula is C32H36Cl2FN5O4. The van der Waals surface area contributed by atoms with Gasteiger partial charge in [-0.2, -0.15) is 0 Å². The molecule has 9 nitrogen and oxygen atoms in total. The van der Waals surface area contributed by atoms with Gasteiger partial charge in [0.05, 0.1) is 18.8 Å². The third-order valence-electron chi connectivity index (χ3n) is 8.05. The lowest BCUT2D eigenvalue weighted by atomic mass is 9.96. The number of likely N-dealkylation sites (tertiary alicyclic amines) is 1. The highest BCUT2D eigenvalue weighted by Crippen LogP contribution is 2.34. The van der Waals surface area contributed by atoms with Crippen LogP contribution in [0.2, 0.25) is 10.0 Å². The molecule has 0 saturated carbocycles. The minimum Gasteiger partial charge on any atom is -0.465 e. The van der Waals surface area contributed by atoms with Crippen LogP contribution in [0.25, 0.3) is 11.1 Å². The number of piperidine rings is 2. The molecule has 0 unspecified atom stereocenters. The van der Waals surface area contributed by atoms with Crippen molar-refractivity contribution in [3.8, 4) is 22.6 Å². The summed E-state index contributed by atoms with van der Waals surface area (Å²) < 4.78 is 20.8. The fourth-order valence-electron chi connectivity index (χ4n) is 5.78. The molecule has 2 atom stereocenters. The molecule has 0 bridgehead atoms. The molecule has 12 heteroatoms. The van der Waals surface area contributed by atoms with E-state index in [1.807, 2.05) is 24.3 Å². The first-order valence-electron chi connectivity index (χ1n) is 14.7. The van der Waals surface area contributed by atoms with Crippen molar-refractivity contribution in [2.45, 2.75) is 44.9 Å². The van der Waals surface area contributed by atoms with Crippen molar-refractivity contribution in [2.24, 2.45) is 5.92 Å². The van der Waals surface area contributed by atoms with Gasteiger partial charge in [-0.3, -0.25) is 9.69 Å². The minimum atomic E-state index is -1.33. The van der Waals surface area contributed by atoms with Crippen LogP contribution < -0.4 is 20.3 Å². The van der Waals surface area contributed by atoms with E-state index in [0.29, 0.717) is 52.8 Å². The van der Waals surface area contributed by atoms with Gasteiger partial charge < -0.3 is 25.4 Å². The van der Waals surface area contributed by atoms with Crippen molar-refractivity contribution in [2.75, 3.05) is 37.6 Å². The Morgan fingerprint density at radius 1 is 1.00 bits per heavy atom. The minimum absolute atomic E-state index is 0.00583. The fraction of sp³-hybridized carbons (Fsp3) is 0.406. The summed E-state index contributed by atoms with van der Waals surface area (Å²) in [6.45, 7) is 5.40. The van der Waals surface area contributed by atoms with E-state index in [-0.39, 0.29) is 12.5 Å². The molecule has 3 aromatic rings. The lowest BCUT2D eigenvalue weighted by Crippen LogP contribution is -2.52. The number of carbonyl (C=O) groups excluding carboxylic acids is 1. The highest BCUT2D eigenvalue weighted by molar-refractivity contribution is 6.35. The molecule has 0 radical (unpaired) electrons. The lowest BCUT2D eigenvalue weighted by molar-refractivity contribution is -0.119. The number of nitrogens with zero attached hydrogens (tertiary/aromatic N) is 3. The maximum atomic E-state index is 14.6. The molecule has 2 fully saturated rings. The highest BCUT2D eigenvalue weighted by Gasteiger charge is 2.31. The summed E-state index contributed by atoms with van der Waals surface area (Å²) in [7, 11) is 0. The predicted octanol–water partition coefficient (Wildman–Crippen LogP) is 6.38. The summed E-state index contributed by atoms with van der Waals surface area (Å²) in [5.41, 5.74) is 2.86. The standard InChI is InChI=1S/C32H36Cl2FN5O4/c1-20(41)36-16-21-4-7-39(8-5-21)18-22-10-23(24-12-25(33)15-26(34)13-24)14-28(11-22)44-27-2-3-31(37-17-27)40-9-6-30(29(35)19-40)38-32(42)43/h2-3,10-15,17,21,29-30,38H,4-9,16,18-19H2,1H3,(H,36,41)(H,42,43)/t29-,30+/m1/s1. The fourth-order valence-corrected chi connectivity index (χ4v) is 6.31. The van der Waals surface area contributed by atoms with Crippen LogP contribution in [-0.4, -0.2) is 71.9 Å².